The van der Waals surface area contributed by atoms with Crippen molar-refractivity contribution in [2.45, 2.75) is 37.0 Å². The van der Waals surface area contributed by atoms with E-state index in [1.54, 1.807) is 6.07 Å². The summed E-state index contributed by atoms with van der Waals surface area (Å²) in [5, 5.41) is 8.80. The van der Waals surface area contributed by atoms with Gasteiger partial charge in [-0.3, -0.25) is 4.79 Å². The predicted molar refractivity (Wildman–Crippen MR) is 115 cm³/mol. The SMILES string of the molecule is C=C1[C@H]2CC[C@]1([C@H]1CCCN(C(=O)c3cocn3)C1)c1nnc(-c3c(F)cccc3F)cc12. The van der Waals surface area contributed by atoms with Gasteiger partial charge in [0.15, 0.2) is 12.1 Å². The van der Waals surface area contributed by atoms with Gasteiger partial charge in [0.1, 0.15) is 17.9 Å². The molecule has 0 N–H and O–H groups in total. The topological polar surface area (TPSA) is 72.1 Å². The van der Waals surface area contributed by atoms with Gasteiger partial charge in [0.25, 0.3) is 5.91 Å². The van der Waals surface area contributed by atoms with Gasteiger partial charge < -0.3 is 9.32 Å². The molecule has 1 amide bonds. The maximum absolute atomic E-state index is 14.4. The quantitative estimate of drug-likeness (QED) is 0.546. The number of allylic oxidation sites excluding steroid dienone is 1. The van der Waals surface area contributed by atoms with Crippen LogP contribution in [-0.4, -0.2) is 39.1 Å². The van der Waals surface area contributed by atoms with E-state index in [0.29, 0.717) is 18.8 Å². The molecule has 1 saturated carbocycles. The van der Waals surface area contributed by atoms with Crippen molar-refractivity contribution in [3.8, 4) is 11.3 Å². The summed E-state index contributed by atoms with van der Waals surface area (Å²) in [6.07, 6.45) is 6.24. The Hall–Kier alpha value is -3.42. The second-order valence-electron chi connectivity index (χ2n) is 9.18. The molecule has 1 aromatic carbocycles. The molecule has 6 nitrogen and oxygen atoms in total. The maximum Gasteiger partial charge on any atom is 0.275 e. The molecule has 33 heavy (non-hydrogen) atoms. The number of fused-ring (bicyclic) bond motifs is 5. The van der Waals surface area contributed by atoms with Crippen LogP contribution in [0, 0.1) is 17.6 Å². The zero-order chi connectivity index (χ0) is 22.7. The number of aromatic nitrogens is 3. The number of amides is 1. The minimum Gasteiger partial charge on any atom is -0.451 e. The average molecular weight is 448 g/mol. The number of nitrogens with zero attached hydrogens (tertiary/aromatic N) is 4. The molecule has 3 atom stereocenters. The number of hydrogen-bond acceptors (Lipinski definition) is 5. The Morgan fingerprint density at radius 3 is 2.79 bits per heavy atom. The molecule has 3 aliphatic rings. The molecule has 8 heteroatoms. The third kappa shape index (κ3) is 2.82. The minimum atomic E-state index is -0.657. The maximum atomic E-state index is 14.4. The summed E-state index contributed by atoms with van der Waals surface area (Å²) in [5.74, 6) is -1.22. The van der Waals surface area contributed by atoms with E-state index >= 15 is 0 Å². The van der Waals surface area contributed by atoms with Crippen LogP contribution in [0.15, 0.2) is 53.5 Å². The number of hydrogen-bond donors (Lipinski definition) is 0. The van der Waals surface area contributed by atoms with Gasteiger partial charge in [-0.05, 0) is 55.4 Å². The highest BCUT2D eigenvalue weighted by molar-refractivity contribution is 5.92. The second-order valence-corrected chi connectivity index (χ2v) is 9.18. The summed E-state index contributed by atoms with van der Waals surface area (Å²) in [6.45, 7) is 5.69. The van der Waals surface area contributed by atoms with Gasteiger partial charge in [-0.1, -0.05) is 18.2 Å². The number of rotatable bonds is 3. The highest BCUT2D eigenvalue weighted by Gasteiger charge is 2.58. The van der Waals surface area contributed by atoms with Crippen LogP contribution in [0.1, 0.15) is 53.3 Å². The monoisotopic (exact) mass is 448 g/mol. The van der Waals surface area contributed by atoms with Crippen molar-refractivity contribution in [1.82, 2.24) is 20.1 Å². The van der Waals surface area contributed by atoms with Crippen LogP contribution in [0.2, 0.25) is 0 Å². The van der Waals surface area contributed by atoms with E-state index in [4.69, 9.17) is 4.42 Å². The van der Waals surface area contributed by atoms with Crippen molar-refractivity contribution >= 4 is 5.91 Å². The van der Waals surface area contributed by atoms with Crippen molar-refractivity contribution in [2.24, 2.45) is 5.92 Å². The molecule has 0 unspecified atom stereocenters. The van der Waals surface area contributed by atoms with Gasteiger partial charge in [-0.2, -0.15) is 5.10 Å². The van der Waals surface area contributed by atoms with Gasteiger partial charge in [-0.25, -0.2) is 13.8 Å². The summed E-state index contributed by atoms with van der Waals surface area (Å²) < 4.78 is 33.7. The van der Waals surface area contributed by atoms with E-state index in [-0.39, 0.29) is 34.4 Å². The molecular formula is C25H22F2N4O2. The molecule has 2 aliphatic carbocycles. The van der Waals surface area contributed by atoms with Crippen molar-refractivity contribution in [2.75, 3.05) is 13.1 Å². The molecule has 6 rings (SSSR count). The van der Waals surface area contributed by atoms with E-state index in [9.17, 15) is 13.6 Å². The van der Waals surface area contributed by atoms with Crippen molar-refractivity contribution in [3.05, 3.63) is 77.7 Å². The highest BCUT2D eigenvalue weighted by atomic mass is 19.1. The summed E-state index contributed by atoms with van der Waals surface area (Å²) in [5.41, 5.74) is 2.87. The Bertz CT molecular complexity index is 1260. The highest BCUT2D eigenvalue weighted by Crippen LogP contribution is 2.63. The summed E-state index contributed by atoms with van der Waals surface area (Å²) in [6, 6.07) is 5.56. The van der Waals surface area contributed by atoms with E-state index < -0.39 is 11.6 Å². The lowest BCUT2D eigenvalue weighted by atomic mass is 9.67. The standard InChI is InChI=1S/C25H22F2N4O2/c1-14-16-7-8-25(14,15-4-3-9-31(11-15)24(32)21-12-33-13-28-21)23-17(16)10-20(29-30-23)22-18(26)5-2-6-19(22)27/h2,5-6,10,12-13,15-16H,1,3-4,7-9,11H2/t15-,16+,25-/m0/s1. The lowest BCUT2D eigenvalue weighted by Crippen LogP contribution is -2.47. The van der Waals surface area contributed by atoms with Crippen LogP contribution in [-0.2, 0) is 5.41 Å². The second kappa shape index (κ2) is 7.30. The number of piperidine rings is 1. The van der Waals surface area contributed by atoms with Gasteiger partial charge in [0.05, 0.1) is 17.0 Å². The third-order valence-electron chi connectivity index (χ3n) is 7.72. The van der Waals surface area contributed by atoms with Gasteiger partial charge in [0, 0.05) is 24.4 Å². The van der Waals surface area contributed by atoms with Crippen molar-refractivity contribution < 1.29 is 18.0 Å². The van der Waals surface area contributed by atoms with Crippen LogP contribution in [0.3, 0.4) is 0 Å². The number of carbonyl (C=O) groups is 1. The van der Waals surface area contributed by atoms with Crippen LogP contribution < -0.4 is 0 Å². The fraction of sp³-hybridized carbons (Fsp3) is 0.360. The molecule has 0 spiro atoms. The summed E-state index contributed by atoms with van der Waals surface area (Å²) in [4.78, 5) is 18.7. The first kappa shape index (κ1) is 20.2. The van der Waals surface area contributed by atoms with Gasteiger partial charge in [0.2, 0.25) is 0 Å². The normalized spacial score (nSPS) is 26.0. The Labute approximate surface area is 189 Å². The summed E-state index contributed by atoms with van der Waals surface area (Å²) in [7, 11) is 0. The Balaban J connectivity index is 1.37. The number of oxazole rings is 1. The fourth-order valence-electron chi connectivity index (χ4n) is 6.22. The lowest BCUT2D eigenvalue weighted by molar-refractivity contribution is 0.0612. The molecule has 1 aliphatic heterocycles. The molecule has 1 saturated heterocycles. The van der Waals surface area contributed by atoms with Crippen LogP contribution in [0.4, 0.5) is 8.78 Å². The molecule has 2 bridgehead atoms. The zero-order valence-corrected chi connectivity index (χ0v) is 17.9. The van der Waals surface area contributed by atoms with Crippen LogP contribution >= 0.6 is 0 Å². The molecule has 3 heterocycles. The first-order valence-electron chi connectivity index (χ1n) is 11.2. The first-order chi connectivity index (χ1) is 16.0. The zero-order valence-electron chi connectivity index (χ0n) is 17.9. The van der Waals surface area contributed by atoms with E-state index in [1.807, 2.05) is 4.90 Å². The van der Waals surface area contributed by atoms with Crippen molar-refractivity contribution in [1.29, 1.82) is 0 Å². The number of benzene rings is 1. The number of likely N-dealkylation sites (tertiary alicyclic amines) is 1. The van der Waals surface area contributed by atoms with E-state index in [0.717, 1.165) is 42.5 Å². The smallest absolute Gasteiger partial charge is 0.275 e. The first-order valence-corrected chi connectivity index (χ1v) is 11.2. The predicted octanol–water partition coefficient (Wildman–Crippen LogP) is 4.65. The van der Waals surface area contributed by atoms with Crippen LogP contribution in [0.25, 0.3) is 11.3 Å². The number of carbonyl (C=O) groups excluding carboxylic acids is 1. The molecule has 2 aromatic heterocycles. The molecule has 3 aromatic rings. The minimum absolute atomic E-state index is 0.0886. The van der Waals surface area contributed by atoms with Crippen molar-refractivity contribution in [3.63, 3.8) is 0 Å². The molecule has 2 fully saturated rings. The average Bonchev–Trinajstić information content (AvgIpc) is 3.53. The van der Waals surface area contributed by atoms with Crippen LogP contribution in [0.5, 0.6) is 0 Å². The lowest BCUT2D eigenvalue weighted by Gasteiger charge is -2.42. The Morgan fingerprint density at radius 2 is 2.03 bits per heavy atom. The molecular weight excluding hydrogens is 426 g/mol. The van der Waals surface area contributed by atoms with E-state index in [1.165, 1.54) is 30.9 Å². The largest absolute Gasteiger partial charge is 0.451 e. The Kier molecular flexibility index (Phi) is 4.47. The number of halogens is 2. The fourth-order valence-corrected chi connectivity index (χ4v) is 6.22. The third-order valence-corrected chi connectivity index (χ3v) is 7.72. The molecule has 0 radical (unpaired) electrons. The Morgan fingerprint density at radius 1 is 1.21 bits per heavy atom. The van der Waals surface area contributed by atoms with Gasteiger partial charge >= 0.3 is 0 Å². The van der Waals surface area contributed by atoms with E-state index in [2.05, 4.69) is 21.8 Å². The molecule has 168 valence electrons. The summed E-state index contributed by atoms with van der Waals surface area (Å²) >= 11 is 0. The van der Waals surface area contributed by atoms with Gasteiger partial charge in [-0.15, -0.1) is 5.10 Å².